The van der Waals surface area contributed by atoms with Gasteiger partial charge in [0.2, 0.25) is 0 Å². The van der Waals surface area contributed by atoms with Gasteiger partial charge in [-0.15, -0.1) is 0 Å². The van der Waals surface area contributed by atoms with Crippen LogP contribution >= 0.6 is 0 Å². The van der Waals surface area contributed by atoms with E-state index in [1.165, 1.54) is 7.11 Å². The van der Waals surface area contributed by atoms with E-state index in [9.17, 15) is 4.79 Å². The van der Waals surface area contributed by atoms with Gasteiger partial charge in [-0.1, -0.05) is 0 Å². The van der Waals surface area contributed by atoms with Crippen molar-refractivity contribution in [3.8, 4) is 0 Å². The van der Waals surface area contributed by atoms with E-state index in [4.69, 9.17) is 10.5 Å². The molecule has 0 amide bonds. The van der Waals surface area contributed by atoms with Crippen LogP contribution < -0.4 is 5.73 Å². The molecule has 0 spiro atoms. The fraction of sp³-hybridized carbons (Fsp3) is 0.909. The Balaban J connectivity index is 1.82. The maximum atomic E-state index is 11.2. The number of nitrogens with two attached hydrogens (primary N) is 1. The molecule has 0 aliphatic heterocycles. The molecule has 4 saturated carbocycles. The van der Waals surface area contributed by atoms with E-state index in [0.29, 0.717) is 11.8 Å². The predicted octanol–water partition coefficient (Wildman–Crippen LogP) is 1.43. The molecule has 2 unspecified atom stereocenters. The Bertz CT molecular complexity index is 301. The maximum Gasteiger partial charge on any atom is 0.508 e. The second-order valence-corrected chi connectivity index (χ2v) is 5.62. The fourth-order valence-electron chi connectivity index (χ4n) is 4.25. The summed E-state index contributed by atoms with van der Waals surface area (Å²) in [5, 5.41) is 0. The first-order valence-electron chi connectivity index (χ1n) is 5.60. The molecule has 4 nitrogen and oxygen atoms in total. The van der Waals surface area contributed by atoms with Crippen LogP contribution in [0.3, 0.4) is 0 Å². The van der Waals surface area contributed by atoms with Gasteiger partial charge >= 0.3 is 6.16 Å². The summed E-state index contributed by atoms with van der Waals surface area (Å²) in [4.78, 5) is 11.2. The summed E-state index contributed by atoms with van der Waals surface area (Å²) in [6, 6.07) is 0. The van der Waals surface area contributed by atoms with Gasteiger partial charge in [-0.2, -0.15) is 0 Å². The summed E-state index contributed by atoms with van der Waals surface area (Å²) in [6.07, 6.45) is 4.48. The van der Waals surface area contributed by atoms with Crippen molar-refractivity contribution in [3.05, 3.63) is 0 Å². The molecule has 0 radical (unpaired) electrons. The standard InChI is InChI=1S/C11H17NO3/c1-14-9(13)15-11-4-7-2-10(12,6-11)3-8(7)5-11/h7-8H,2-6,12H2,1H3. The van der Waals surface area contributed by atoms with Gasteiger partial charge < -0.3 is 15.2 Å². The SMILES string of the molecule is COC(=O)OC12CC3CC(N)(CC3C1)C2. The first kappa shape index (κ1) is 9.46. The number of carbonyl (C=O) groups excluding carboxylic acids is 1. The molecule has 0 aromatic carbocycles. The van der Waals surface area contributed by atoms with Crippen molar-refractivity contribution in [1.29, 1.82) is 0 Å². The van der Waals surface area contributed by atoms with Crippen molar-refractivity contribution >= 4 is 6.16 Å². The van der Waals surface area contributed by atoms with Gasteiger partial charge in [0.05, 0.1) is 7.11 Å². The molecule has 2 N–H and O–H groups in total. The maximum absolute atomic E-state index is 11.2. The number of hydrogen-bond donors (Lipinski definition) is 1. The zero-order chi connectivity index (χ0) is 10.7. The van der Waals surface area contributed by atoms with Crippen molar-refractivity contribution in [2.24, 2.45) is 17.6 Å². The van der Waals surface area contributed by atoms with Crippen molar-refractivity contribution in [1.82, 2.24) is 0 Å². The molecule has 4 aliphatic carbocycles. The molecule has 4 fully saturated rings. The molecule has 4 bridgehead atoms. The molecule has 0 saturated heterocycles. The lowest BCUT2D eigenvalue weighted by atomic mass is 9.73. The molecule has 84 valence electrons. The highest BCUT2D eigenvalue weighted by atomic mass is 16.7. The second kappa shape index (κ2) is 2.67. The van der Waals surface area contributed by atoms with Crippen molar-refractivity contribution in [2.45, 2.75) is 43.2 Å². The van der Waals surface area contributed by atoms with Gasteiger partial charge in [0.25, 0.3) is 0 Å². The number of rotatable bonds is 1. The monoisotopic (exact) mass is 211 g/mol. The largest absolute Gasteiger partial charge is 0.508 e. The third kappa shape index (κ3) is 1.27. The van der Waals surface area contributed by atoms with Crippen molar-refractivity contribution in [2.75, 3.05) is 7.11 Å². The average Bonchev–Trinajstić information content (AvgIpc) is 2.49. The first-order valence-corrected chi connectivity index (χ1v) is 5.60. The summed E-state index contributed by atoms with van der Waals surface area (Å²) in [7, 11) is 1.35. The average molecular weight is 211 g/mol. The summed E-state index contributed by atoms with van der Waals surface area (Å²) < 4.78 is 10.0. The van der Waals surface area contributed by atoms with Crippen LogP contribution in [0.1, 0.15) is 32.1 Å². The third-order valence-electron chi connectivity index (χ3n) is 4.41. The summed E-state index contributed by atoms with van der Waals surface area (Å²) >= 11 is 0. The van der Waals surface area contributed by atoms with E-state index < -0.39 is 6.16 Å². The van der Waals surface area contributed by atoms with E-state index in [-0.39, 0.29) is 11.1 Å². The van der Waals surface area contributed by atoms with Crippen LogP contribution in [0.25, 0.3) is 0 Å². The predicted molar refractivity (Wildman–Crippen MR) is 53.2 cm³/mol. The Morgan fingerprint density at radius 1 is 1.27 bits per heavy atom. The fourth-order valence-corrected chi connectivity index (χ4v) is 4.25. The second-order valence-electron chi connectivity index (χ2n) is 5.62. The summed E-state index contributed by atoms with van der Waals surface area (Å²) in [5.41, 5.74) is 5.92. The molecular weight excluding hydrogens is 194 g/mol. The number of carbonyl (C=O) groups is 1. The van der Waals surface area contributed by atoms with E-state index in [2.05, 4.69) is 4.74 Å². The Kier molecular flexibility index (Phi) is 1.68. The van der Waals surface area contributed by atoms with E-state index in [1.807, 2.05) is 0 Å². The zero-order valence-electron chi connectivity index (χ0n) is 8.99. The minimum absolute atomic E-state index is 0.0696. The Hall–Kier alpha value is -0.770. The Morgan fingerprint density at radius 3 is 2.33 bits per heavy atom. The lowest BCUT2D eigenvalue weighted by molar-refractivity contribution is -0.0619. The van der Waals surface area contributed by atoms with Gasteiger partial charge in [0, 0.05) is 12.0 Å². The van der Waals surface area contributed by atoms with Crippen LogP contribution in [-0.4, -0.2) is 24.4 Å². The normalized spacial score (nSPS) is 50.8. The number of ether oxygens (including phenoxy) is 2. The number of methoxy groups -OCH3 is 1. The minimum atomic E-state index is -0.555. The molecule has 4 rings (SSSR count). The van der Waals surface area contributed by atoms with Crippen LogP contribution in [0.15, 0.2) is 0 Å². The first-order chi connectivity index (χ1) is 7.04. The molecule has 0 heterocycles. The topological polar surface area (TPSA) is 61.5 Å². The van der Waals surface area contributed by atoms with E-state index >= 15 is 0 Å². The van der Waals surface area contributed by atoms with Crippen LogP contribution in [0, 0.1) is 11.8 Å². The number of hydrogen-bond acceptors (Lipinski definition) is 4. The van der Waals surface area contributed by atoms with E-state index in [1.54, 1.807) is 0 Å². The Labute approximate surface area is 89.1 Å². The molecule has 4 aliphatic rings. The van der Waals surface area contributed by atoms with Gasteiger partial charge in [0.1, 0.15) is 5.60 Å². The van der Waals surface area contributed by atoms with Crippen molar-refractivity contribution in [3.63, 3.8) is 0 Å². The van der Waals surface area contributed by atoms with Crippen molar-refractivity contribution < 1.29 is 14.3 Å². The molecular formula is C11H17NO3. The van der Waals surface area contributed by atoms with Crippen LogP contribution in [0.5, 0.6) is 0 Å². The lowest BCUT2D eigenvalue weighted by Crippen LogP contribution is -2.52. The molecule has 15 heavy (non-hydrogen) atoms. The summed E-state index contributed by atoms with van der Waals surface area (Å²) in [5.74, 6) is 1.35. The van der Waals surface area contributed by atoms with Gasteiger partial charge in [-0.25, -0.2) is 4.79 Å². The highest BCUT2D eigenvalue weighted by molar-refractivity contribution is 5.60. The van der Waals surface area contributed by atoms with Crippen LogP contribution in [0.2, 0.25) is 0 Å². The van der Waals surface area contributed by atoms with Crippen LogP contribution in [0.4, 0.5) is 4.79 Å². The van der Waals surface area contributed by atoms with E-state index in [0.717, 1.165) is 32.1 Å². The van der Waals surface area contributed by atoms with Crippen LogP contribution in [-0.2, 0) is 9.47 Å². The highest BCUT2D eigenvalue weighted by Crippen LogP contribution is 2.62. The Morgan fingerprint density at radius 2 is 1.87 bits per heavy atom. The summed E-state index contributed by atoms with van der Waals surface area (Å²) in [6.45, 7) is 0. The lowest BCUT2D eigenvalue weighted by Gasteiger charge is -2.42. The van der Waals surface area contributed by atoms with Gasteiger partial charge in [-0.3, -0.25) is 0 Å². The minimum Gasteiger partial charge on any atom is -0.438 e. The molecule has 0 aromatic heterocycles. The van der Waals surface area contributed by atoms with Gasteiger partial charge in [-0.05, 0) is 37.5 Å². The third-order valence-corrected chi connectivity index (χ3v) is 4.41. The molecule has 2 atom stereocenters. The molecule has 4 heteroatoms. The highest BCUT2D eigenvalue weighted by Gasteiger charge is 2.63. The smallest absolute Gasteiger partial charge is 0.438 e. The quantitative estimate of drug-likeness (QED) is 0.666. The molecule has 0 aromatic rings. The zero-order valence-corrected chi connectivity index (χ0v) is 8.99. The van der Waals surface area contributed by atoms with Gasteiger partial charge in [0.15, 0.2) is 0 Å².